The summed E-state index contributed by atoms with van der Waals surface area (Å²) in [5, 5.41) is 19.6. The number of ketones is 1. The van der Waals surface area contributed by atoms with Crippen LogP contribution in [0.3, 0.4) is 0 Å². The maximum atomic E-state index is 12.8. The third-order valence-corrected chi connectivity index (χ3v) is 11.6. The molecule has 4 fully saturated rings. The van der Waals surface area contributed by atoms with E-state index in [2.05, 4.69) is 6.58 Å². The largest absolute Gasteiger partial charge is 0.458 e. The van der Waals surface area contributed by atoms with Gasteiger partial charge in [-0.1, -0.05) is 97.1 Å². The van der Waals surface area contributed by atoms with Gasteiger partial charge in [0, 0.05) is 5.92 Å². The van der Waals surface area contributed by atoms with Crippen molar-refractivity contribution >= 4 is 11.8 Å². The minimum absolute atomic E-state index is 0.0709. The van der Waals surface area contributed by atoms with Crippen molar-refractivity contribution < 1.29 is 67.2 Å². The maximum Gasteiger partial charge on any atom is 0.336 e. The number of carbonyl (C=O) groups excluding carboxylic acids is 2. The van der Waals surface area contributed by atoms with Gasteiger partial charge in [-0.2, -0.15) is 0 Å². The molecule has 0 bridgehead atoms. The van der Waals surface area contributed by atoms with Crippen LogP contribution in [-0.2, 0) is 76.8 Å². The number of aliphatic hydroxyl groups is 2. The van der Waals surface area contributed by atoms with Crippen LogP contribution in [0.1, 0.15) is 79.0 Å². The molecule has 10 atom stereocenters. The van der Waals surface area contributed by atoms with Gasteiger partial charge in [-0.25, -0.2) is 4.79 Å². The molecule has 0 spiro atoms. The van der Waals surface area contributed by atoms with Crippen LogP contribution in [-0.4, -0.2) is 115 Å². The van der Waals surface area contributed by atoms with Crippen LogP contribution < -0.4 is 0 Å². The van der Waals surface area contributed by atoms with E-state index in [1.165, 1.54) is 6.92 Å². The Labute approximate surface area is 390 Å². The maximum absolute atomic E-state index is 12.8. The van der Waals surface area contributed by atoms with Gasteiger partial charge in [-0.15, -0.1) is 6.58 Å². The molecule has 0 radical (unpaired) electrons. The molecule has 66 heavy (non-hydrogen) atoms. The van der Waals surface area contributed by atoms with Gasteiger partial charge < -0.3 is 57.6 Å². The lowest BCUT2D eigenvalue weighted by atomic mass is 9.92. The summed E-state index contributed by atoms with van der Waals surface area (Å²) in [5.74, 6) is -3.60. The lowest BCUT2D eigenvalue weighted by Crippen LogP contribution is -2.43. The van der Waals surface area contributed by atoms with Crippen LogP contribution >= 0.6 is 0 Å². The molecule has 364 valence electrons. The molecular weight excluding hydrogens is 849 g/mol. The van der Waals surface area contributed by atoms with Crippen molar-refractivity contribution in [3.63, 3.8) is 0 Å². The summed E-state index contributed by atoms with van der Waals surface area (Å²) < 4.78 is 57.2. The fourth-order valence-corrected chi connectivity index (χ4v) is 8.34. The standard InChI is InChI=1S/C21H30O5.C17H24O5.C14H18O4/c1-7-16(17-14-24-21(5,6)25-17)18(19(22)26-20(2,3)4)23-13-15-11-9-8-10-12-15;1-12(19)16(15-11-21-17(2,3)22-15)14(9-18)20-10-13-7-5-4-6-8-13;1-14-13(11(15)8-17-14)12(9-18-14)16-7-10-5-3-2-4-6-10/h7-12,16-18H,1,13-14H2,2-6H3;4-8,14-16,18H,9-11H2,1-3H3;2-6,11-13,15H,7-9H2,1H3/t16-,17+,18-;14-,15-,16-;11-,12-,13+,14-/m100/s1. The summed E-state index contributed by atoms with van der Waals surface area (Å²) >= 11 is 0. The van der Waals surface area contributed by atoms with E-state index in [1.807, 2.05) is 146 Å². The Morgan fingerprint density at radius 3 is 1.67 bits per heavy atom. The Bertz CT molecular complexity index is 1940. The van der Waals surface area contributed by atoms with Crippen molar-refractivity contribution in [3.05, 3.63) is 120 Å². The van der Waals surface area contributed by atoms with E-state index in [0.717, 1.165) is 16.7 Å². The number of fused-ring (bicyclic) bond motifs is 1. The first-order valence-corrected chi connectivity index (χ1v) is 22.8. The molecule has 4 aliphatic heterocycles. The first kappa shape index (κ1) is 53.1. The highest BCUT2D eigenvalue weighted by molar-refractivity contribution is 5.79. The molecule has 0 saturated carbocycles. The van der Waals surface area contributed by atoms with Crippen LogP contribution in [0.5, 0.6) is 0 Å². The normalized spacial score (nSPS) is 26.9. The minimum Gasteiger partial charge on any atom is -0.458 e. The van der Waals surface area contributed by atoms with Crippen molar-refractivity contribution in [2.75, 3.05) is 33.0 Å². The molecule has 14 nitrogen and oxygen atoms in total. The van der Waals surface area contributed by atoms with Gasteiger partial charge in [0.25, 0.3) is 0 Å². The fraction of sp³-hybridized carbons (Fsp3) is 0.577. The Kier molecular flexibility index (Phi) is 19.2. The van der Waals surface area contributed by atoms with Crippen molar-refractivity contribution in [3.8, 4) is 0 Å². The molecule has 4 saturated heterocycles. The van der Waals surface area contributed by atoms with E-state index >= 15 is 0 Å². The van der Waals surface area contributed by atoms with Crippen LogP contribution in [0.15, 0.2) is 104 Å². The second kappa shape index (κ2) is 23.9. The topological polar surface area (TPSA) is 167 Å². The lowest BCUT2D eigenvalue weighted by Gasteiger charge is -2.30. The molecule has 0 amide bonds. The van der Waals surface area contributed by atoms with Crippen LogP contribution in [0.4, 0.5) is 0 Å². The van der Waals surface area contributed by atoms with E-state index in [9.17, 15) is 19.8 Å². The first-order valence-electron chi connectivity index (χ1n) is 22.8. The Morgan fingerprint density at radius 2 is 1.21 bits per heavy atom. The average molecular weight is 921 g/mol. The molecule has 4 aliphatic rings. The highest BCUT2D eigenvalue weighted by atomic mass is 16.8. The molecule has 0 unspecified atom stereocenters. The Balaban J connectivity index is 0.000000188. The lowest BCUT2D eigenvalue weighted by molar-refractivity contribution is -0.181. The van der Waals surface area contributed by atoms with Crippen LogP contribution in [0.2, 0.25) is 0 Å². The average Bonchev–Trinajstić information content (AvgIpc) is 4.01. The van der Waals surface area contributed by atoms with Gasteiger partial charge >= 0.3 is 5.97 Å². The van der Waals surface area contributed by atoms with E-state index in [0.29, 0.717) is 46.2 Å². The Morgan fingerprint density at radius 1 is 0.727 bits per heavy atom. The van der Waals surface area contributed by atoms with Crippen molar-refractivity contribution in [2.24, 2.45) is 17.8 Å². The SMILES string of the molecule is C=C[C@H]([C@@H]1COC(C)(C)O1)[C@@H](OCc1ccccc1)C(=O)OC(C)(C)C.CC(=O)[C@@H]([C@H](CO)OCc1ccccc1)[C@@H]1COC(C)(C)O1.C[C@]12OC[C@H](OCc3ccccc3)[C@H]1[C@@H](O)CO2. The van der Waals surface area contributed by atoms with E-state index < -0.39 is 59.3 Å². The monoisotopic (exact) mass is 920 g/mol. The molecule has 14 heteroatoms. The summed E-state index contributed by atoms with van der Waals surface area (Å²) in [6.45, 7) is 22.5. The van der Waals surface area contributed by atoms with Crippen molar-refractivity contribution in [2.45, 2.75) is 142 Å². The molecule has 2 N–H and O–H groups in total. The molecule has 3 aromatic carbocycles. The second-order valence-electron chi connectivity index (χ2n) is 19.0. The third kappa shape index (κ3) is 15.6. The van der Waals surface area contributed by atoms with Gasteiger partial charge in [0.2, 0.25) is 0 Å². The number of carbonyl (C=O) groups is 2. The van der Waals surface area contributed by atoms with E-state index in [-0.39, 0.29) is 36.4 Å². The zero-order valence-corrected chi connectivity index (χ0v) is 40.1. The second-order valence-corrected chi connectivity index (χ2v) is 19.0. The van der Waals surface area contributed by atoms with Gasteiger partial charge in [0.1, 0.15) is 11.4 Å². The van der Waals surface area contributed by atoms with Gasteiger partial charge in [-0.05, 0) is 79.0 Å². The summed E-state index contributed by atoms with van der Waals surface area (Å²) in [6.07, 6.45) is -1.08. The minimum atomic E-state index is -0.825. The number of aliphatic hydroxyl groups excluding tert-OH is 2. The van der Waals surface area contributed by atoms with E-state index in [4.69, 9.17) is 47.4 Å². The number of rotatable bonds is 17. The molecule has 4 heterocycles. The number of benzene rings is 3. The number of esters is 1. The highest BCUT2D eigenvalue weighted by Gasteiger charge is 2.56. The van der Waals surface area contributed by atoms with Gasteiger partial charge in [-0.3, -0.25) is 4.79 Å². The van der Waals surface area contributed by atoms with Crippen molar-refractivity contribution in [1.29, 1.82) is 0 Å². The molecule has 3 aromatic rings. The summed E-state index contributed by atoms with van der Waals surface area (Å²) in [7, 11) is 0. The molecule has 7 rings (SSSR count). The van der Waals surface area contributed by atoms with Gasteiger partial charge in [0.05, 0.1) is 95.2 Å². The van der Waals surface area contributed by atoms with E-state index in [1.54, 1.807) is 6.08 Å². The van der Waals surface area contributed by atoms with Crippen molar-refractivity contribution in [1.82, 2.24) is 0 Å². The number of ether oxygens (including phenoxy) is 10. The summed E-state index contributed by atoms with van der Waals surface area (Å²) in [6, 6.07) is 29.4. The molecular formula is C52H72O14. The summed E-state index contributed by atoms with van der Waals surface area (Å²) in [4.78, 5) is 24.8. The molecule has 0 aliphatic carbocycles. The van der Waals surface area contributed by atoms with Crippen LogP contribution in [0.25, 0.3) is 0 Å². The third-order valence-electron chi connectivity index (χ3n) is 11.6. The van der Waals surface area contributed by atoms with Gasteiger partial charge in [0.15, 0.2) is 23.5 Å². The first-order chi connectivity index (χ1) is 31.2. The predicted molar refractivity (Wildman–Crippen MR) is 245 cm³/mol. The predicted octanol–water partition coefficient (Wildman–Crippen LogP) is 7.11. The Hall–Kier alpha value is -3.90. The highest BCUT2D eigenvalue weighted by Crippen LogP contribution is 2.42. The fourth-order valence-electron chi connectivity index (χ4n) is 8.34. The quantitative estimate of drug-likeness (QED) is 0.104. The van der Waals surface area contributed by atoms with Crippen LogP contribution in [0, 0.1) is 17.8 Å². The number of Topliss-reactive ketones (excluding diaryl/α,β-unsaturated/α-hetero) is 1. The zero-order chi connectivity index (χ0) is 48.1. The number of hydrogen-bond acceptors (Lipinski definition) is 14. The zero-order valence-electron chi connectivity index (χ0n) is 40.1. The smallest absolute Gasteiger partial charge is 0.336 e. The number of hydrogen-bond donors (Lipinski definition) is 2. The summed E-state index contributed by atoms with van der Waals surface area (Å²) in [5.41, 5.74) is 2.49. The molecule has 0 aromatic heterocycles.